The van der Waals surface area contributed by atoms with Crippen LogP contribution in [0, 0.1) is 0 Å². The van der Waals surface area contributed by atoms with E-state index in [0.29, 0.717) is 46.2 Å². The first-order chi connectivity index (χ1) is 12.5. The van der Waals surface area contributed by atoms with E-state index < -0.39 is 10.8 Å². The highest BCUT2D eigenvalue weighted by atomic mass is 32.2. The van der Waals surface area contributed by atoms with Crippen LogP contribution in [0.3, 0.4) is 0 Å². The third kappa shape index (κ3) is 3.23. The van der Waals surface area contributed by atoms with E-state index in [1.54, 1.807) is 36.6 Å². The van der Waals surface area contributed by atoms with Crippen molar-refractivity contribution in [3.05, 3.63) is 47.5 Å². The molecule has 2 unspecified atom stereocenters. The molecule has 2 heterocycles. The van der Waals surface area contributed by atoms with Crippen molar-refractivity contribution in [2.24, 2.45) is 0 Å². The average Bonchev–Trinajstić information content (AvgIpc) is 3.38. The Morgan fingerprint density at radius 2 is 2.19 bits per heavy atom. The fourth-order valence-corrected chi connectivity index (χ4v) is 3.34. The van der Waals surface area contributed by atoms with Crippen LogP contribution < -0.4 is 10.1 Å². The summed E-state index contributed by atoms with van der Waals surface area (Å²) in [6, 6.07) is 10.2. The number of aromatic hydroxyl groups is 1. The first-order valence-electron chi connectivity index (χ1n) is 8.10. The zero-order valence-electron chi connectivity index (χ0n) is 14.0. The molecule has 0 aromatic heterocycles. The number of rotatable bonds is 5. The lowest BCUT2D eigenvalue weighted by molar-refractivity contribution is -0.110. The van der Waals surface area contributed by atoms with Crippen molar-refractivity contribution in [3.63, 3.8) is 0 Å². The number of phenolic OH excluding ortho intramolecular Hbond substituents is 1. The van der Waals surface area contributed by atoms with Crippen molar-refractivity contribution in [1.82, 2.24) is 0 Å². The number of phenols is 1. The number of hydrogen-bond acceptors (Lipinski definition) is 5. The van der Waals surface area contributed by atoms with E-state index in [-0.39, 0.29) is 17.8 Å². The number of nitrogens with one attached hydrogen (secondary N) is 1. The average molecular weight is 371 g/mol. The van der Waals surface area contributed by atoms with Gasteiger partial charge in [0.15, 0.2) is 0 Å². The molecular weight excluding hydrogens is 354 g/mol. The monoisotopic (exact) mass is 371 g/mol. The minimum absolute atomic E-state index is 0.0313. The third-order valence-electron chi connectivity index (χ3n) is 4.25. The lowest BCUT2D eigenvalue weighted by Crippen LogP contribution is -2.06. The Morgan fingerprint density at radius 3 is 2.88 bits per heavy atom. The summed E-state index contributed by atoms with van der Waals surface area (Å²) in [6.07, 6.45) is 3.26. The van der Waals surface area contributed by atoms with Gasteiger partial charge in [-0.1, -0.05) is 12.1 Å². The maximum absolute atomic E-state index is 12.4. The molecule has 0 spiro atoms. The van der Waals surface area contributed by atoms with E-state index in [0.717, 1.165) is 0 Å². The molecule has 0 saturated carbocycles. The lowest BCUT2D eigenvalue weighted by atomic mass is 10.0. The zero-order valence-corrected chi connectivity index (χ0v) is 14.8. The molecule has 2 aliphatic heterocycles. The molecule has 1 amide bonds. The van der Waals surface area contributed by atoms with Crippen LogP contribution in [0.5, 0.6) is 11.5 Å². The Kier molecular flexibility index (Phi) is 4.26. The van der Waals surface area contributed by atoms with E-state index >= 15 is 0 Å². The maximum Gasteiger partial charge on any atom is 0.256 e. The van der Waals surface area contributed by atoms with Gasteiger partial charge in [-0.3, -0.25) is 9.00 Å². The van der Waals surface area contributed by atoms with Gasteiger partial charge in [0.25, 0.3) is 5.91 Å². The predicted molar refractivity (Wildman–Crippen MR) is 98.6 cm³/mol. The van der Waals surface area contributed by atoms with Gasteiger partial charge in [0.1, 0.15) is 24.2 Å². The van der Waals surface area contributed by atoms with E-state index in [1.807, 2.05) is 6.07 Å². The van der Waals surface area contributed by atoms with Crippen LogP contribution in [0.25, 0.3) is 11.6 Å². The van der Waals surface area contributed by atoms with Gasteiger partial charge in [0, 0.05) is 27.5 Å². The molecule has 134 valence electrons. The van der Waals surface area contributed by atoms with Gasteiger partial charge in [0.05, 0.1) is 23.4 Å². The molecule has 4 rings (SSSR count). The van der Waals surface area contributed by atoms with Crippen molar-refractivity contribution < 1.29 is 23.6 Å². The molecule has 6 nitrogen and oxygen atoms in total. The van der Waals surface area contributed by atoms with Gasteiger partial charge in [-0.05, 0) is 30.3 Å². The van der Waals surface area contributed by atoms with Crippen molar-refractivity contribution in [2.45, 2.75) is 11.0 Å². The zero-order chi connectivity index (χ0) is 18.3. The molecule has 2 aromatic rings. The van der Waals surface area contributed by atoms with Gasteiger partial charge in [0.2, 0.25) is 0 Å². The molecular formula is C19H17NO5S. The van der Waals surface area contributed by atoms with Crippen LogP contribution in [0.1, 0.15) is 11.1 Å². The summed E-state index contributed by atoms with van der Waals surface area (Å²) in [6.45, 7) is 1.12. The quantitative estimate of drug-likeness (QED) is 0.622. The minimum Gasteiger partial charge on any atom is -0.507 e. The molecule has 2 aliphatic rings. The second kappa shape index (κ2) is 6.59. The van der Waals surface area contributed by atoms with Crippen molar-refractivity contribution in [3.8, 4) is 11.5 Å². The Balaban J connectivity index is 1.73. The number of fused-ring (bicyclic) bond motifs is 1. The van der Waals surface area contributed by atoms with E-state index in [4.69, 9.17) is 9.47 Å². The van der Waals surface area contributed by atoms with Crippen molar-refractivity contribution in [1.29, 1.82) is 0 Å². The summed E-state index contributed by atoms with van der Waals surface area (Å²) in [5, 5.41) is 13.0. The lowest BCUT2D eigenvalue weighted by Gasteiger charge is -2.10. The second-order valence-corrected chi connectivity index (χ2v) is 7.51. The topological polar surface area (TPSA) is 88.2 Å². The second-order valence-electron chi connectivity index (χ2n) is 6.13. The van der Waals surface area contributed by atoms with E-state index in [2.05, 4.69) is 5.32 Å². The normalized spacial score (nSPS) is 20.6. The molecule has 7 heteroatoms. The summed E-state index contributed by atoms with van der Waals surface area (Å²) in [7, 11) is -1.19. The van der Waals surface area contributed by atoms with E-state index in [9.17, 15) is 14.1 Å². The Labute approximate surface area is 152 Å². The summed E-state index contributed by atoms with van der Waals surface area (Å²) >= 11 is 0. The summed E-state index contributed by atoms with van der Waals surface area (Å²) < 4.78 is 22.5. The number of carbonyl (C=O) groups is 1. The number of epoxide rings is 1. The number of ether oxygens (including phenoxy) is 2. The van der Waals surface area contributed by atoms with Gasteiger partial charge in [-0.2, -0.15) is 0 Å². The Hall–Kier alpha value is -2.64. The van der Waals surface area contributed by atoms with Crippen LogP contribution in [0.4, 0.5) is 5.69 Å². The van der Waals surface area contributed by atoms with Gasteiger partial charge in [-0.25, -0.2) is 0 Å². The molecule has 2 aromatic carbocycles. The van der Waals surface area contributed by atoms with Crippen LogP contribution in [0.15, 0.2) is 41.3 Å². The highest BCUT2D eigenvalue weighted by Gasteiger charge is 2.29. The number of amides is 1. The van der Waals surface area contributed by atoms with Crippen LogP contribution in [-0.4, -0.2) is 40.8 Å². The van der Waals surface area contributed by atoms with Crippen LogP contribution in [-0.2, 0) is 20.3 Å². The van der Waals surface area contributed by atoms with Gasteiger partial charge in [-0.15, -0.1) is 0 Å². The molecule has 2 N–H and O–H groups in total. The summed E-state index contributed by atoms with van der Waals surface area (Å²) in [4.78, 5) is 13.0. The minimum atomic E-state index is -1.19. The standard InChI is InChI=1S/C19H17NO5S/c1-26(23)13-6-5-11(16(21)8-13)7-14-18-15(20-19(14)22)3-2-4-17(18)25-10-12-9-24-12/h2-8,12,21H,9-10H2,1H3,(H,20,22)/b14-7-. The first kappa shape index (κ1) is 16.8. The van der Waals surface area contributed by atoms with Crippen molar-refractivity contribution in [2.75, 3.05) is 24.8 Å². The maximum atomic E-state index is 12.4. The third-order valence-corrected chi connectivity index (χ3v) is 5.17. The number of anilines is 1. The molecule has 0 radical (unpaired) electrons. The first-order valence-corrected chi connectivity index (χ1v) is 9.66. The Morgan fingerprint density at radius 1 is 1.38 bits per heavy atom. The molecule has 0 aliphatic carbocycles. The molecule has 0 bridgehead atoms. The fourth-order valence-electron chi connectivity index (χ4n) is 2.80. The summed E-state index contributed by atoms with van der Waals surface area (Å²) in [5.41, 5.74) is 2.22. The summed E-state index contributed by atoms with van der Waals surface area (Å²) in [5.74, 6) is 0.297. The molecule has 26 heavy (non-hydrogen) atoms. The predicted octanol–water partition coefficient (Wildman–Crippen LogP) is 2.40. The fraction of sp³-hybridized carbons (Fsp3) is 0.211. The molecule has 2 atom stereocenters. The van der Waals surface area contributed by atoms with Gasteiger partial charge >= 0.3 is 0 Å². The smallest absolute Gasteiger partial charge is 0.256 e. The van der Waals surface area contributed by atoms with E-state index in [1.165, 1.54) is 6.07 Å². The number of benzene rings is 2. The Bertz CT molecular complexity index is 949. The number of hydrogen-bond donors (Lipinski definition) is 2. The molecule has 1 saturated heterocycles. The van der Waals surface area contributed by atoms with Crippen LogP contribution >= 0.6 is 0 Å². The number of carbonyl (C=O) groups excluding carboxylic acids is 1. The largest absolute Gasteiger partial charge is 0.507 e. The van der Waals surface area contributed by atoms with Crippen molar-refractivity contribution >= 4 is 34.0 Å². The SMILES string of the molecule is CS(=O)c1ccc(/C=C2\C(=O)Nc3cccc(OCC4CO4)c32)c(O)c1. The highest BCUT2D eigenvalue weighted by Crippen LogP contribution is 2.40. The highest BCUT2D eigenvalue weighted by molar-refractivity contribution is 7.84. The molecule has 1 fully saturated rings. The van der Waals surface area contributed by atoms with Gasteiger partial charge < -0.3 is 19.9 Å². The van der Waals surface area contributed by atoms with Crippen LogP contribution in [0.2, 0.25) is 0 Å².